The molecule has 2 aromatic carbocycles. The lowest BCUT2D eigenvalue weighted by Gasteiger charge is -2.24. The Hall–Kier alpha value is -3.75. The first-order valence-corrected chi connectivity index (χ1v) is 10.5. The Bertz CT molecular complexity index is 1060. The molecule has 2 amide bonds. The second-order valence-electron chi connectivity index (χ2n) is 7.62. The van der Waals surface area contributed by atoms with E-state index in [0.29, 0.717) is 25.4 Å². The number of carbonyl (C=O) groups is 2. The number of rotatable bonds is 8. The van der Waals surface area contributed by atoms with E-state index < -0.39 is 0 Å². The first kappa shape index (κ1) is 21.5. The van der Waals surface area contributed by atoms with E-state index in [1.54, 1.807) is 15.8 Å². The molecule has 166 valence electrons. The minimum absolute atomic E-state index is 0.0544. The minimum Gasteiger partial charge on any atom is -0.484 e. The van der Waals surface area contributed by atoms with Crippen LogP contribution in [-0.4, -0.2) is 50.9 Å². The summed E-state index contributed by atoms with van der Waals surface area (Å²) in [6.07, 6.45) is 3.31. The number of benzene rings is 2. The summed E-state index contributed by atoms with van der Waals surface area (Å²) in [6, 6.07) is 15.1. The van der Waals surface area contributed by atoms with Crippen LogP contribution in [0.1, 0.15) is 28.9 Å². The van der Waals surface area contributed by atoms with Gasteiger partial charge in [-0.3, -0.25) is 9.59 Å². The topological polar surface area (TPSA) is 89.4 Å². The third-order valence-corrected chi connectivity index (χ3v) is 5.34. The maximum atomic E-state index is 13.0. The van der Waals surface area contributed by atoms with E-state index in [2.05, 4.69) is 15.6 Å². The molecule has 1 atom stereocenters. The largest absolute Gasteiger partial charge is 0.484 e. The smallest absolute Gasteiger partial charge is 0.273 e. The van der Waals surface area contributed by atoms with E-state index in [1.165, 1.54) is 24.3 Å². The second kappa shape index (κ2) is 10.0. The van der Waals surface area contributed by atoms with Gasteiger partial charge in [0.15, 0.2) is 12.3 Å². The minimum atomic E-state index is -0.357. The van der Waals surface area contributed by atoms with Crippen molar-refractivity contribution in [3.8, 4) is 5.75 Å². The Labute approximate surface area is 185 Å². The molecule has 0 unspecified atom stereocenters. The molecule has 1 aliphatic heterocycles. The summed E-state index contributed by atoms with van der Waals surface area (Å²) in [7, 11) is 0. The maximum absolute atomic E-state index is 13.0. The van der Waals surface area contributed by atoms with Gasteiger partial charge in [0.2, 0.25) is 0 Å². The van der Waals surface area contributed by atoms with Gasteiger partial charge >= 0.3 is 0 Å². The molecule has 3 aromatic rings. The third-order valence-electron chi connectivity index (χ3n) is 5.34. The number of likely N-dealkylation sites (tertiary alicyclic amines) is 1. The number of hydrogen-bond donors (Lipinski definition) is 1. The lowest BCUT2D eigenvalue weighted by Crippen LogP contribution is -2.40. The van der Waals surface area contributed by atoms with Crippen LogP contribution in [0.5, 0.6) is 5.75 Å². The monoisotopic (exact) mass is 437 g/mol. The van der Waals surface area contributed by atoms with Crippen molar-refractivity contribution >= 4 is 11.8 Å². The molecule has 1 aromatic heterocycles. The molecule has 0 bridgehead atoms. The Morgan fingerprint density at radius 2 is 1.91 bits per heavy atom. The number of amides is 2. The van der Waals surface area contributed by atoms with Crippen LogP contribution in [0.3, 0.4) is 0 Å². The van der Waals surface area contributed by atoms with Gasteiger partial charge in [0, 0.05) is 13.1 Å². The quantitative estimate of drug-likeness (QED) is 0.585. The van der Waals surface area contributed by atoms with Crippen LogP contribution in [0.4, 0.5) is 4.39 Å². The lowest BCUT2D eigenvalue weighted by atomic mass is 10.2. The Balaban J connectivity index is 1.29. The zero-order valence-electron chi connectivity index (χ0n) is 17.5. The fourth-order valence-electron chi connectivity index (χ4n) is 3.69. The van der Waals surface area contributed by atoms with E-state index in [1.807, 2.05) is 30.3 Å². The highest BCUT2D eigenvalue weighted by Crippen LogP contribution is 2.20. The molecule has 1 aliphatic rings. The van der Waals surface area contributed by atoms with Crippen LogP contribution in [0.25, 0.3) is 0 Å². The number of aromatic nitrogens is 3. The van der Waals surface area contributed by atoms with E-state index in [0.717, 1.165) is 18.4 Å². The summed E-state index contributed by atoms with van der Waals surface area (Å²) in [6.45, 7) is 1.37. The molecule has 32 heavy (non-hydrogen) atoms. The fraction of sp³-hybridized carbons (Fsp3) is 0.304. The standard InChI is InChI=1S/C23H24FN5O3/c24-18-8-10-20(11-9-18)32-16-22(30)29-12-4-7-19(29)14-28-15-21(26-27-28)23(31)25-13-17-5-2-1-3-6-17/h1-3,5-6,8-11,15,19H,4,7,12-14,16H2,(H,25,31)/t19-/m0/s1. The molecule has 1 fully saturated rings. The molecule has 0 saturated carbocycles. The molecule has 9 heteroatoms. The first-order chi connectivity index (χ1) is 15.6. The highest BCUT2D eigenvalue weighted by molar-refractivity contribution is 5.91. The van der Waals surface area contributed by atoms with Gasteiger partial charge in [-0.1, -0.05) is 35.5 Å². The molecule has 0 aliphatic carbocycles. The highest BCUT2D eigenvalue weighted by Gasteiger charge is 2.29. The van der Waals surface area contributed by atoms with Crippen molar-refractivity contribution in [2.45, 2.75) is 32.0 Å². The molecular weight excluding hydrogens is 413 g/mol. The van der Waals surface area contributed by atoms with Gasteiger partial charge in [-0.05, 0) is 42.7 Å². The van der Waals surface area contributed by atoms with Crippen molar-refractivity contribution in [3.63, 3.8) is 0 Å². The molecule has 0 spiro atoms. The average molecular weight is 437 g/mol. The van der Waals surface area contributed by atoms with E-state index >= 15 is 0 Å². The van der Waals surface area contributed by atoms with Gasteiger partial charge in [-0.25, -0.2) is 9.07 Å². The van der Waals surface area contributed by atoms with Crippen molar-refractivity contribution in [2.75, 3.05) is 13.2 Å². The number of nitrogens with zero attached hydrogens (tertiary/aromatic N) is 4. The van der Waals surface area contributed by atoms with Gasteiger partial charge in [-0.15, -0.1) is 5.10 Å². The summed E-state index contributed by atoms with van der Waals surface area (Å²) in [5.41, 5.74) is 1.23. The van der Waals surface area contributed by atoms with Crippen LogP contribution >= 0.6 is 0 Å². The van der Waals surface area contributed by atoms with Crippen LogP contribution < -0.4 is 10.1 Å². The van der Waals surface area contributed by atoms with Crippen molar-refractivity contribution in [1.82, 2.24) is 25.2 Å². The van der Waals surface area contributed by atoms with Crippen molar-refractivity contribution in [3.05, 3.63) is 77.9 Å². The summed E-state index contributed by atoms with van der Waals surface area (Å²) < 4.78 is 20.1. The number of hydrogen-bond acceptors (Lipinski definition) is 5. The van der Waals surface area contributed by atoms with Gasteiger partial charge < -0.3 is 15.0 Å². The van der Waals surface area contributed by atoms with Crippen LogP contribution in [0.2, 0.25) is 0 Å². The first-order valence-electron chi connectivity index (χ1n) is 10.5. The summed E-state index contributed by atoms with van der Waals surface area (Å²) in [5.74, 6) is -0.355. The third kappa shape index (κ3) is 5.48. The number of carbonyl (C=O) groups excluding carboxylic acids is 2. The zero-order valence-corrected chi connectivity index (χ0v) is 17.5. The van der Waals surface area contributed by atoms with Crippen LogP contribution in [-0.2, 0) is 17.9 Å². The maximum Gasteiger partial charge on any atom is 0.273 e. The SMILES string of the molecule is O=C(NCc1ccccc1)c1cn(C[C@@H]2CCCN2C(=O)COc2ccc(F)cc2)nn1. The molecule has 1 saturated heterocycles. The molecule has 2 heterocycles. The van der Waals surface area contributed by atoms with E-state index in [9.17, 15) is 14.0 Å². The second-order valence-corrected chi connectivity index (χ2v) is 7.62. The van der Waals surface area contributed by atoms with E-state index in [-0.39, 0.29) is 36.0 Å². The Morgan fingerprint density at radius 1 is 1.12 bits per heavy atom. The number of halogens is 1. The number of nitrogens with one attached hydrogen (secondary N) is 1. The van der Waals surface area contributed by atoms with Gasteiger partial charge in [0.25, 0.3) is 11.8 Å². The Kier molecular flexibility index (Phi) is 6.74. The molecule has 0 radical (unpaired) electrons. The van der Waals surface area contributed by atoms with Gasteiger partial charge in [-0.2, -0.15) is 0 Å². The van der Waals surface area contributed by atoms with Crippen molar-refractivity contribution < 1.29 is 18.7 Å². The van der Waals surface area contributed by atoms with Crippen molar-refractivity contribution in [2.24, 2.45) is 0 Å². The predicted molar refractivity (Wildman–Crippen MR) is 114 cm³/mol. The molecule has 8 nitrogen and oxygen atoms in total. The van der Waals surface area contributed by atoms with Gasteiger partial charge in [0.1, 0.15) is 11.6 Å². The average Bonchev–Trinajstić information content (AvgIpc) is 3.48. The predicted octanol–water partition coefficient (Wildman–Crippen LogP) is 2.42. The fourth-order valence-corrected chi connectivity index (χ4v) is 3.69. The molecular formula is C23H24FN5O3. The van der Waals surface area contributed by atoms with Crippen LogP contribution in [0, 0.1) is 5.82 Å². The molecule has 4 rings (SSSR count). The summed E-state index contributed by atoms with van der Waals surface area (Å²) >= 11 is 0. The summed E-state index contributed by atoms with van der Waals surface area (Å²) in [4.78, 5) is 26.8. The Morgan fingerprint density at radius 3 is 2.69 bits per heavy atom. The molecule has 1 N–H and O–H groups in total. The van der Waals surface area contributed by atoms with Crippen molar-refractivity contribution in [1.29, 1.82) is 0 Å². The zero-order chi connectivity index (χ0) is 22.3. The van der Waals surface area contributed by atoms with Gasteiger partial charge in [0.05, 0.1) is 18.8 Å². The highest BCUT2D eigenvalue weighted by atomic mass is 19.1. The van der Waals surface area contributed by atoms with Crippen LogP contribution in [0.15, 0.2) is 60.8 Å². The summed E-state index contributed by atoms with van der Waals surface area (Å²) in [5, 5.41) is 10.8. The normalized spacial score (nSPS) is 15.5. The lowest BCUT2D eigenvalue weighted by molar-refractivity contribution is -0.134. The van der Waals surface area contributed by atoms with E-state index in [4.69, 9.17) is 4.74 Å². The number of ether oxygens (including phenoxy) is 1.